The lowest BCUT2D eigenvalue weighted by Gasteiger charge is -2.24. The number of rotatable bonds is 6. The summed E-state index contributed by atoms with van der Waals surface area (Å²) in [4.78, 5) is 10.3. The first-order chi connectivity index (χ1) is 9.25. The molecule has 0 spiro atoms. The van der Waals surface area contributed by atoms with Gasteiger partial charge in [-0.25, -0.2) is 0 Å². The zero-order chi connectivity index (χ0) is 13.5. The minimum atomic E-state index is 0.199. The van der Waals surface area contributed by atoms with Crippen LogP contribution in [0.25, 0.3) is 0 Å². The Kier molecular flexibility index (Phi) is 4.44. The van der Waals surface area contributed by atoms with E-state index in [-0.39, 0.29) is 5.84 Å². The van der Waals surface area contributed by atoms with Gasteiger partial charge < -0.3 is 10.6 Å². The molecule has 2 aromatic heterocycles. The first kappa shape index (κ1) is 13.0. The Hall–Kier alpha value is -2.43. The van der Waals surface area contributed by atoms with E-state index in [1.165, 1.54) is 0 Å². The molecular formula is C14H17N5. The van der Waals surface area contributed by atoms with Gasteiger partial charge in [-0.2, -0.15) is 0 Å². The second-order valence-corrected chi connectivity index (χ2v) is 4.26. The topological polar surface area (TPSA) is 78.9 Å². The minimum absolute atomic E-state index is 0.199. The van der Waals surface area contributed by atoms with Crippen LogP contribution >= 0.6 is 0 Å². The number of anilines is 1. The minimum Gasteiger partial charge on any atom is -0.388 e. The molecule has 0 unspecified atom stereocenters. The SMILES string of the molecule is N=C(N)CCN(Cc1cccnc1)c1ccncc1. The number of nitrogens with two attached hydrogens (primary N) is 1. The van der Waals surface area contributed by atoms with Crippen molar-refractivity contribution < 1.29 is 0 Å². The number of aromatic nitrogens is 2. The summed E-state index contributed by atoms with van der Waals surface area (Å²) in [5.41, 5.74) is 7.64. The molecule has 5 heteroatoms. The Morgan fingerprint density at radius 1 is 1.16 bits per heavy atom. The Bertz CT molecular complexity index is 512. The lowest BCUT2D eigenvalue weighted by molar-refractivity contribution is 0.798. The molecule has 3 N–H and O–H groups in total. The number of nitrogens with zero attached hydrogens (tertiary/aromatic N) is 3. The van der Waals surface area contributed by atoms with Crippen molar-refractivity contribution >= 4 is 11.5 Å². The Morgan fingerprint density at radius 2 is 1.95 bits per heavy atom. The van der Waals surface area contributed by atoms with E-state index in [2.05, 4.69) is 14.9 Å². The summed E-state index contributed by atoms with van der Waals surface area (Å²) >= 11 is 0. The molecule has 0 aliphatic rings. The molecule has 0 bridgehead atoms. The molecule has 0 aliphatic carbocycles. The first-order valence-corrected chi connectivity index (χ1v) is 6.12. The standard InChI is InChI=1S/C14H17N5/c15-14(16)5-9-19(13-3-7-17-8-4-13)11-12-2-1-6-18-10-12/h1-4,6-8,10H,5,9,11H2,(H3,15,16). The van der Waals surface area contributed by atoms with Crippen LogP contribution in [0.15, 0.2) is 49.1 Å². The van der Waals surface area contributed by atoms with Crippen molar-refractivity contribution in [3.05, 3.63) is 54.6 Å². The Labute approximate surface area is 112 Å². The molecule has 5 nitrogen and oxygen atoms in total. The van der Waals surface area contributed by atoms with E-state index in [0.29, 0.717) is 13.0 Å². The van der Waals surface area contributed by atoms with Crippen LogP contribution in [0.2, 0.25) is 0 Å². The first-order valence-electron chi connectivity index (χ1n) is 6.12. The van der Waals surface area contributed by atoms with Gasteiger partial charge in [-0.15, -0.1) is 0 Å². The summed E-state index contributed by atoms with van der Waals surface area (Å²) in [5.74, 6) is 0.199. The van der Waals surface area contributed by atoms with Crippen molar-refractivity contribution in [2.75, 3.05) is 11.4 Å². The van der Waals surface area contributed by atoms with Crippen molar-refractivity contribution in [1.29, 1.82) is 5.41 Å². The van der Waals surface area contributed by atoms with E-state index >= 15 is 0 Å². The molecular weight excluding hydrogens is 238 g/mol. The lowest BCUT2D eigenvalue weighted by atomic mass is 10.2. The zero-order valence-electron chi connectivity index (χ0n) is 10.7. The maximum Gasteiger partial charge on any atom is 0.0923 e. The van der Waals surface area contributed by atoms with Gasteiger partial charge in [0.05, 0.1) is 5.84 Å². The fourth-order valence-electron chi connectivity index (χ4n) is 1.82. The smallest absolute Gasteiger partial charge is 0.0923 e. The molecule has 0 amide bonds. The molecule has 2 heterocycles. The number of hydrogen-bond acceptors (Lipinski definition) is 4. The normalized spacial score (nSPS) is 10.1. The lowest BCUT2D eigenvalue weighted by Crippen LogP contribution is -2.27. The van der Waals surface area contributed by atoms with Crippen LogP contribution in [0, 0.1) is 5.41 Å². The van der Waals surface area contributed by atoms with Crippen LogP contribution in [0.5, 0.6) is 0 Å². The Morgan fingerprint density at radius 3 is 2.58 bits per heavy atom. The quantitative estimate of drug-likeness (QED) is 0.609. The van der Waals surface area contributed by atoms with Crippen LogP contribution in [-0.2, 0) is 6.54 Å². The number of pyridine rings is 2. The molecule has 0 saturated heterocycles. The molecule has 0 fully saturated rings. The third-order valence-corrected chi connectivity index (χ3v) is 2.78. The van der Waals surface area contributed by atoms with E-state index in [1.807, 2.05) is 30.5 Å². The molecule has 2 rings (SSSR count). The highest BCUT2D eigenvalue weighted by Crippen LogP contribution is 2.15. The Balaban J connectivity index is 2.12. The van der Waals surface area contributed by atoms with Crippen LogP contribution < -0.4 is 10.6 Å². The van der Waals surface area contributed by atoms with E-state index < -0.39 is 0 Å². The van der Waals surface area contributed by atoms with Crippen molar-refractivity contribution in [3.8, 4) is 0 Å². The van der Waals surface area contributed by atoms with Gasteiger partial charge in [0.2, 0.25) is 0 Å². The van der Waals surface area contributed by atoms with Gasteiger partial charge in [-0.3, -0.25) is 15.4 Å². The van der Waals surface area contributed by atoms with Gasteiger partial charge in [-0.1, -0.05) is 6.07 Å². The average molecular weight is 255 g/mol. The van der Waals surface area contributed by atoms with Crippen molar-refractivity contribution in [1.82, 2.24) is 9.97 Å². The van der Waals surface area contributed by atoms with Crippen LogP contribution in [0.1, 0.15) is 12.0 Å². The van der Waals surface area contributed by atoms with E-state index in [4.69, 9.17) is 11.1 Å². The third kappa shape index (κ3) is 4.06. The molecule has 0 atom stereocenters. The second-order valence-electron chi connectivity index (χ2n) is 4.26. The maximum absolute atomic E-state index is 7.36. The number of hydrogen-bond donors (Lipinski definition) is 2. The molecule has 0 aliphatic heterocycles. The summed E-state index contributed by atoms with van der Waals surface area (Å²) < 4.78 is 0. The highest BCUT2D eigenvalue weighted by molar-refractivity contribution is 5.77. The highest BCUT2D eigenvalue weighted by atomic mass is 15.1. The molecule has 2 aromatic rings. The zero-order valence-corrected chi connectivity index (χ0v) is 10.7. The van der Waals surface area contributed by atoms with Crippen molar-refractivity contribution in [3.63, 3.8) is 0 Å². The highest BCUT2D eigenvalue weighted by Gasteiger charge is 2.07. The predicted molar refractivity (Wildman–Crippen MR) is 76.1 cm³/mol. The number of amidine groups is 1. The van der Waals surface area contributed by atoms with Gasteiger partial charge >= 0.3 is 0 Å². The summed E-state index contributed by atoms with van der Waals surface area (Å²) in [7, 11) is 0. The van der Waals surface area contributed by atoms with Crippen molar-refractivity contribution in [2.24, 2.45) is 5.73 Å². The maximum atomic E-state index is 7.36. The van der Waals surface area contributed by atoms with Crippen molar-refractivity contribution in [2.45, 2.75) is 13.0 Å². The number of nitrogens with one attached hydrogen (secondary N) is 1. The molecule has 98 valence electrons. The van der Waals surface area contributed by atoms with Gasteiger partial charge in [0.1, 0.15) is 0 Å². The summed E-state index contributed by atoms with van der Waals surface area (Å²) in [6.07, 6.45) is 7.68. The largest absolute Gasteiger partial charge is 0.388 e. The van der Waals surface area contributed by atoms with Gasteiger partial charge in [0.15, 0.2) is 0 Å². The monoisotopic (exact) mass is 255 g/mol. The fraction of sp³-hybridized carbons (Fsp3) is 0.214. The molecule has 0 radical (unpaired) electrons. The van der Waals surface area contributed by atoms with Gasteiger partial charge in [0.25, 0.3) is 0 Å². The molecule has 0 aromatic carbocycles. The average Bonchev–Trinajstić information content (AvgIpc) is 2.45. The van der Waals surface area contributed by atoms with Crippen LogP contribution in [0.3, 0.4) is 0 Å². The summed E-state index contributed by atoms with van der Waals surface area (Å²) in [6, 6.07) is 7.87. The molecule has 0 saturated carbocycles. The van der Waals surface area contributed by atoms with Crippen LogP contribution in [-0.4, -0.2) is 22.3 Å². The van der Waals surface area contributed by atoms with Crippen LogP contribution in [0.4, 0.5) is 5.69 Å². The van der Waals surface area contributed by atoms with Gasteiger partial charge in [-0.05, 0) is 23.8 Å². The van der Waals surface area contributed by atoms with E-state index in [0.717, 1.165) is 17.8 Å². The van der Waals surface area contributed by atoms with Gasteiger partial charge in [0, 0.05) is 50.0 Å². The van der Waals surface area contributed by atoms with E-state index in [9.17, 15) is 0 Å². The fourth-order valence-corrected chi connectivity index (χ4v) is 1.82. The second kappa shape index (κ2) is 6.49. The summed E-state index contributed by atoms with van der Waals surface area (Å²) in [5, 5.41) is 7.36. The predicted octanol–water partition coefficient (Wildman–Crippen LogP) is 1.81. The molecule has 19 heavy (non-hydrogen) atoms. The van der Waals surface area contributed by atoms with E-state index in [1.54, 1.807) is 18.6 Å². The third-order valence-electron chi connectivity index (χ3n) is 2.78. The summed E-state index contributed by atoms with van der Waals surface area (Å²) in [6.45, 7) is 1.44.